The van der Waals surface area contributed by atoms with Crippen LogP contribution in [-0.4, -0.2) is 18.3 Å². The molecular weight excluding hydrogens is 413 g/mol. The molecule has 32 heavy (non-hydrogen) atoms. The fourth-order valence-corrected chi connectivity index (χ4v) is 4.55. The Labute approximate surface area is 188 Å². The van der Waals surface area contributed by atoms with Crippen LogP contribution >= 0.6 is 0 Å². The molecule has 1 saturated carbocycles. The highest BCUT2D eigenvalue weighted by atomic mass is 19.4. The van der Waals surface area contributed by atoms with E-state index in [4.69, 9.17) is 0 Å². The minimum absolute atomic E-state index is 0.253. The van der Waals surface area contributed by atoms with E-state index in [1.165, 1.54) is 49.9 Å². The topological polar surface area (TPSA) is 34.0 Å². The zero-order chi connectivity index (χ0) is 23.0. The lowest BCUT2D eigenvalue weighted by Gasteiger charge is -2.32. The van der Waals surface area contributed by atoms with Gasteiger partial charge in [0.25, 0.3) is 0 Å². The van der Waals surface area contributed by atoms with Gasteiger partial charge in [0.15, 0.2) is 0 Å². The second-order valence-electron chi connectivity index (χ2n) is 8.59. The van der Waals surface area contributed by atoms with Crippen molar-refractivity contribution in [2.45, 2.75) is 58.7 Å². The smallest absolute Gasteiger partial charge is 0.406 e. The van der Waals surface area contributed by atoms with Crippen molar-refractivity contribution >= 4 is 11.9 Å². The lowest BCUT2D eigenvalue weighted by Crippen LogP contribution is -2.25. The number of benzene rings is 2. The molecule has 0 radical (unpaired) electrons. The van der Waals surface area contributed by atoms with Crippen molar-refractivity contribution in [1.82, 2.24) is 0 Å². The highest BCUT2D eigenvalue weighted by Crippen LogP contribution is 2.36. The summed E-state index contributed by atoms with van der Waals surface area (Å²) in [6, 6.07) is 15.7. The van der Waals surface area contributed by atoms with Crippen molar-refractivity contribution in [2.75, 3.05) is 0 Å². The first-order chi connectivity index (χ1) is 15.4. The Morgan fingerprint density at radius 2 is 1.69 bits per heavy atom. The van der Waals surface area contributed by atoms with Crippen LogP contribution in [0.15, 0.2) is 64.8 Å². The predicted molar refractivity (Wildman–Crippen MR) is 123 cm³/mol. The number of ether oxygens (including phenoxy) is 1. The standard InChI is InChI=1S/C26H31F3N2O/c1-3-7-19(2)21-12-14-23(15-13-21)25(22-8-5-4-6-9-22)31-30-18-20-10-16-24(17-11-20)32-26(27,28)29/h4-6,8-11,16-19,21,23H,3,7,12-15H2,1-2H3/t19?,21-,23-. The third-order valence-corrected chi connectivity index (χ3v) is 6.26. The quantitative estimate of drug-likeness (QED) is 0.304. The van der Waals surface area contributed by atoms with E-state index in [-0.39, 0.29) is 5.75 Å². The number of alkyl halides is 3. The van der Waals surface area contributed by atoms with Crippen molar-refractivity contribution in [3.8, 4) is 5.75 Å². The number of nitrogens with zero attached hydrogens (tertiary/aromatic N) is 2. The van der Waals surface area contributed by atoms with Gasteiger partial charge in [-0.05, 0) is 72.9 Å². The molecule has 1 aliphatic rings. The van der Waals surface area contributed by atoms with E-state index in [1.807, 2.05) is 18.2 Å². The minimum Gasteiger partial charge on any atom is -0.406 e. The van der Waals surface area contributed by atoms with E-state index < -0.39 is 6.36 Å². The SMILES string of the molecule is CCCC(C)[C@H]1CC[C@H](C(=NN=Cc2ccc(OC(F)(F)F)cc2)c2ccccc2)CC1. The summed E-state index contributed by atoms with van der Waals surface area (Å²) in [6.45, 7) is 4.62. The number of hydrogen-bond donors (Lipinski definition) is 0. The van der Waals surface area contributed by atoms with Gasteiger partial charge >= 0.3 is 6.36 Å². The van der Waals surface area contributed by atoms with Crippen LogP contribution in [0, 0.1) is 17.8 Å². The van der Waals surface area contributed by atoms with Gasteiger partial charge in [-0.15, -0.1) is 13.2 Å². The Hall–Kier alpha value is -2.63. The summed E-state index contributed by atoms with van der Waals surface area (Å²) >= 11 is 0. The van der Waals surface area contributed by atoms with Gasteiger partial charge < -0.3 is 4.74 Å². The van der Waals surface area contributed by atoms with Crippen molar-refractivity contribution in [2.24, 2.45) is 28.0 Å². The number of hydrogen-bond acceptors (Lipinski definition) is 3. The van der Waals surface area contributed by atoms with Crippen LogP contribution in [-0.2, 0) is 0 Å². The summed E-state index contributed by atoms with van der Waals surface area (Å²) in [6.07, 6.45) is 4.01. The van der Waals surface area contributed by atoms with E-state index >= 15 is 0 Å². The fourth-order valence-electron chi connectivity index (χ4n) is 4.55. The van der Waals surface area contributed by atoms with Crippen LogP contribution in [0.5, 0.6) is 5.75 Å². The van der Waals surface area contributed by atoms with Gasteiger partial charge in [0.2, 0.25) is 0 Å². The first-order valence-electron chi connectivity index (χ1n) is 11.4. The maximum absolute atomic E-state index is 12.3. The van der Waals surface area contributed by atoms with Crippen LogP contribution in [0.3, 0.4) is 0 Å². The van der Waals surface area contributed by atoms with E-state index in [1.54, 1.807) is 6.21 Å². The number of halogens is 3. The van der Waals surface area contributed by atoms with Gasteiger partial charge in [0.1, 0.15) is 5.75 Å². The van der Waals surface area contributed by atoms with Gasteiger partial charge in [0, 0.05) is 5.92 Å². The molecule has 0 aromatic heterocycles. The summed E-state index contributed by atoms with van der Waals surface area (Å²) in [7, 11) is 0. The molecule has 0 spiro atoms. The zero-order valence-corrected chi connectivity index (χ0v) is 18.7. The Morgan fingerprint density at radius 3 is 2.28 bits per heavy atom. The normalized spacial score (nSPS) is 21.0. The van der Waals surface area contributed by atoms with Crippen molar-refractivity contribution < 1.29 is 17.9 Å². The van der Waals surface area contributed by atoms with Gasteiger partial charge in [0.05, 0.1) is 11.9 Å². The molecule has 3 rings (SSSR count). The van der Waals surface area contributed by atoms with E-state index in [0.717, 1.165) is 36.0 Å². The lowest BCUT2D eigenvalue weighted by atomic mass is 9.73. The molecular formula is C26H31F3N2O. The van der Waals surface area contributed by atoms with Crippen molar-refractivity contribution in [3.63, 3.8) is 0 Å². The van der Waals surface area contributed by atoms with Crippen LogP contribution in [0.2, 0.25) is 0 Å². The first-order valence-corrected chi connectivity index (χ1v) is 11.4. The molecule has 0 aliphatic heterocycles. The highest BCUT2D eigenvalue weighted by molar-refractivity contribution is 6.02. The molecule has 3 nitrogen and oxygen atoms in total. The molecule has 1 aliphatic carbocycles. The Bertz CT molecular complexity index is 884. The van der Waals surface area contributed by atoms with Crippen LogP contribution in [0.4, 0.5) is 13.2 Å². The fraction of sp³-hybridized carbons (Fsp3) is 0.462. The van der Waals surface area contributed by atoms with Gasteiger partial charge in [-0.2, -0.15) is 10.2 Å². The summed E-state index contributed by atoms with van der Waals surface area (Å²) in [5.41, 5.74) is 2.72. The number of rotatable bonds is 8. The average molecular weight is 445 g/mol. The van der Waals surface area contributed by atoms with Crippen molar-refractivity contribution in [1.29, 1.82) is 0 Å². The Kier molecular flexibility index (Phi) is 8.48. The summed E-state index contributed by atoms with van der Waals surface area (Å²) in [5, 5.41) is 8.86. The third kappa shape index (κ3) is 7.21. The molecule has 1 atom stereocenters. The zero-order valence-electron chi connectivity index (χ0n) is 18.7. The van der Waals surface area contributed by atoms with E-state index in [9.17, 15) is 13.2 Å². The summed E-state index contributed by atoms with van der Waals surface area (Å²) < 4.78 is 40.8. The maximum atomic E-state index is 12.3. The second-order valence-corrected chi connectivity index (χ2v) is 8.59. The second kappa shape index (κ2) is 11.3. The molecule has 0 amide bonds. The minimum atomic E-state index is -4.70. The predicted octanol–water partition coefficient (Wildman–Crippen LogP) is 7.65. The van der Waals surface area contributed by atoms with Gasteiger partial charge in [-0.3, -0.25) is 0 Å². The van der Waals surface area contributed by atoms with Crippen LogP contribution < -0.4 is 4.74 Å². The molecule has 0 saturated heterocycles. The third-order valence-electron chi connectivity index (χ3n) is 6.26. The Balaban J connectivity index is 1.71. The van der Waals surface area contributed by atoms with Crippen LogP contribution in [0.25, 0.3) is 0 Å². The van der Waals surface area contributed by atoms with Crippen LogP contribution in [0.1, 0.15) is 63.5 Å². The highest BCUT2D eigenvalue weighted by Gasteiger charge is 2.31. The molecule has 1 unspecified atom stereocenters. The first kappa shape index (κ1) is 24.0. The van der Waals surface area contributed by atoms with E-state index in [2.05, 4.69) is 40.9 Å². The Morgan fingerprint density at radius 1 is 1.03 bits per heavy atom. The summed E-state index contributed by atoms with van der Waals surface area (Å²) in [5.74, 6) is 1.66. The monoisotopic (exact) mass is 444 g/mol. The molecule has 172 valence electrons. The molecule has 1 fully saturated rings. The summed E-state index contributed by atoms with van der Waals surface area (Å²) in [4.78, 5) is 0. The van der Waals surface area contributed by atoms with Crippen molar-refractivity contribution in [3.05, 3.63) is 65.7 Å². The molecule has 2 aromatic carbocycles. The van der Waals surface area contributed by atoms with Gasteiger partial charge in [-0.1, -0.05) is 57.0 Å². The van der Waals surface area contributed by atoms with E-state index in [0.29, 0.717) is 11.5 Å². The molecule has 0 bridgehead atoms. The molecule has 2 aromatic rings. The lowest BCUT2D eigenvalue weighted by molar-refractivity contribution is -0.274. The largest absolute Gasteiger partial charge is 0.573 e. The molecule has 0 heterocycles. The van der Waals surface area contributed by atoms with Gasteiger partial charge in [-0.25, -0.2) is 0 Å². The maximum Gasteiger partial charge on any atom is 0.573 e. The molecule has 6 heteroatoms. The molecule has 0 N–H and O–H groups in total. The average Bonchev–Trinajstić information content (AvgIpc) is 2.78.